The fourth-order valence-corrected chi connectivity index (χ4v) is 2.79. The van der Waals surface area contributed by atoms with Gasteiger partial charge in [-0.05, 0) is 18.6 Å². The molecule has 2 aromatic carbocycles. The van der Waals surface area contributed by atoms with Crippen LogP contribution in [-0.4, -0.2) is 13.0 Å². The van der Waals surface area contributed by atoms with Crippen molar-refractivity contribution in [3.63, 3.8) is 0 Å². The summed E-state index contributed by atoms with van der Waals surface area (Å²) in [5, 5.41) is 1.07. The fraction of sp³-hybridized carbons (Fsp3) is 0.0909. The van der Waals surface area contributed by atoms with E-state index in [1.165, 1.54) is 0 Å². The third-order valence-corrected chi connectivity index (χ3v) is 3.53. The second kappa shape index (κ2) is 3.47. The van der Waals surface area contributed by atoms with Crippen molar-refractivity contribution in [2.45, 2.75) is 11.8 Å². The number of hydrogen-bond donors (Lipinski definition) is 2. The van der Waals surface area contributed by atoms with Gasteiger partial charge in [0.2, 0.25) is 0 Å². The van der Waals surface area contributed by atoms with Crippen molar-refractivity contribution in [2.24, 2.45) is 0 Å². The van der Waals surface area contributed by atoms with Crippen LogP contribution in [-0.2, 0) is 10.1 Å². The van der Waals surface area contributed by atoms with E-state index in [2.05, 4.69) is 0 Å². The molecule has 0 aliphatic rings. The van der Waals surface area contributed by atoms with Gasteiger partial charge in [-0.2, -0.15) is 8.42 Å². The molecule has 0 aliphatic carbocycles. The predicted molar refractivity (Wildman–Crippen MR) is 62.9 cm³/mol. The summed E-state index contributed by atoms with van der Waals surface area (Å²) in [7, 11) is -4.23. The molecule has 5 heteroatoms. The SMILES string of the molecule is Cc1cc(N)c2ccccc2c1S(=O)(=O)O. The van der Waals surface area contributed by atoms with Gasteiger partial charge in [-0.15, -0.1) is 0 Å². The lowest BCUT2D eigenvalue weighted by molar-refractivity contribution is 0.483. The van der Waals surface area contributed by atoms with Crippen molar-refractivity contribution in [2.75, 3.05) is 5.73 Å². The smallest absolute Gasteiger partial charge is 0.295 e. The lowest BCUT2D eigenvalue weighted by Gasteiger charge is -2.09. The van der Waals surface area contributed by atoms with Gasteiger partial charge in [0.25, 0.3) is 10.1 Å². The van der Waals surface area contributed by atoms with Gasteiger partial charge in [-0.1, -0.05) is 24.3 Å². The third-order valence-electron chi connectivity index (χ3n) is 2.47. The Kier molecular flexibility index (Phi) is 2.36. The van der Waals surface area contributed by atoms with Crippen molar-refractivity contribution in [3.8, 4) is 0 Å². The van der Waals surface area contributed by atoms with Gasteiger partial charge < -0.3 is 5.73 Å². The van der Waals surface area contributed by atoms with Gasteiger partial charge in [0.1, 0.15) is 4.90 Å². The Morgan fingerprint density at radius 2 is 1.75 bits per heavy atom. The minimum atomic E-state index is -4.23. The van der Waals surface area contributed by atoms with E-state index in [1.54, 1.807) is 37.3 Å². The Morgan fingerprint density at radius 1 is 1.19 bits per heavy atom. The van der Waals surface area contributed by atoms with Gasteiger partial charge >= 0.3 is 0 Å². The Hall–Kier alpha value is -1.59. The highest BCUT2D eigenvalue weighted by molar-refractivity contribution is 7.86. The monoisotopic (exact) mass is 237 g/mol. The first kappa shape index (κ1) is 10.9. The van der Waals surface area contributed by atoms with Crippen LogP contribution in [0.3, 0.4) is 0 Å². The molecule has 0 heterocycles. The van der Waals surface area contributed by atoms with Gasteiger partial charge in [0.05, 0.1) is 0 Å². The predicted octanol–water partition coefficient (Wildman–Crippen LogP) is 1.98. The van der Waals surface area contributed by atoms with Crippen molar-refractivity contribution >= 4 is 26.6 Å². The molecule has 0 radical (unpaired) electrons. The maximum Gasteiger partial charge on any atom is 0.295 e. The highest BCUT2D eigenvalue weighted by Crippen LogP contribution is 2.30. The minimum absolute atomic E-state index is 0.0719. The first-order chi connectivity index (χ1) is 7.41. The summed E-state index contributed by atoms with van der Waals surface area (Å²) in [6.07, 6.45) is 0. The topological polar surface area (TPSA) is 80.4 Å². The van der Waals surface area contributed by atoms with Crippen LogP contribution < -0.4 is 5.73 Å². The zero-order chi connectivity index (χ0) is 11.9. The molecule has 0 fully saturated rings. The summed E-state index contributed by atoms with van der Waals surface area (Å²) in [6.45, 7) is 1.60. The maximum atomic E-state index is 11.3. The number of hydrogen-bond acceptors (Lipinski definition) is 3. The molecule has 0 aliphatic heterocycles. The van der Waals surface area contributed by atoms with Crippen LogP contribution in [0.1, 0.15) is 5.56 Å². The number of rotatable bonds is 1. The van der Waals surface area contributed by atoms with Crippen molar-refractivity contribution < 1.29 is 13.0 Å². The quantitative estimate of drug-likeness (QED) is 0.587. The molecule has 2 rings (SSSR count). The lowest BCUT2D eigenvalue weighted by atomic mass is 10.1. The Bertz CT molecular complexity index is 662. The van der Waals surface area contributed by atoms with E-state index in [0.29, 0.717) is 22.0 Å². The molecule has 16 heavy (non-hydrogen) atoms. The third kappa shape index (κ3) is 1.64. The molecular weight excluding hydrogens is 226 g/mol. The fourth-order valence-electron chi connectivity index (χ4n) is 1.86. The molecule has 2 aromatic rings. The van der Waals surface area contributed by atoms with Crippen molar-refractivity contribution in [1.82, 2.24) is 0 Å². The molecule has 0 aromatic heterocycles. The van der Waals surface area contributed by atoms with E-state index in [-0.39, 0.29) is 4.90 Å². The normalized spacial score (nSPS) is 11.9. The molecule has 0 amide bonds. The Balaban J connectivity index is 3.05. The second-order valence-electron chi connectivity index (χ2n) is 3.63. The molecule has 3 N–H and O–H groups in total. The molecule has 84 valence electrons. The average Bonchev–Trinajstić information content (AvgIpc) is 2.15. The van der Waals surface area contributed by atoms with Crippen LogP contribution in [0.25, 0.3) is 10.8 Å². The zero-order valence-corrected chi connectivity index (χ0v) is 9.45. The standard InChI is InChI=1S/C11H11NO3S/c1-7-6-10(12)8-4-2-3-5-9(8)11(7)16(13,14)15/h2-6H,12H2,1H3,(H,13,14,15). The highest BCUT2D eigenvalue weighted by atomic mass is 32.2. The van der Waals surface area contributed by atoms with Crippen LogP contribution in [0, 0.1) is 6.92 Å². The molecule has 0 saturated heterocycles. The number of benzene rings is 2. The summed E-state index contributed by atoms with van der Waals surface area (Å²) >= 11 is 0. The zero-order valence-electron chi connectivity index (χ0n) is 8.64. The minimum Gasteiger partial charge on any atom is -0.398 e. The molecule has 0 unspecified atom stereocenters. The molecule has 0 bridgehead atoms. The molecule has 0 saturated carbocycles. The first-order valence-corrected chi connectivity index (χ1v) is 6.10. The van der Waals surface area contributed by atoms with E-state index < -0.39 is 10.1 Å². The Labute approximate surface area is 93.4 Å². The maximum absolute atomic E-state index is 11.3. The van der Waals surface area contributed by atoms with Crippen LogP contribution in [0.15, 0.2) is 35.2 Å². The highest BCUT2D eigenvalue weighted by Gasteiger charge is 2.18. The van der Waals surface area contributed by atoms with Crippen LogP contribution in [0.5, 0.6) is 0 Å². The molecule has 0 spiro atoms. The lowest BCUT2D eigenvalue weighted by Crippen LogP contribution is -2.03. The van der Waals surface area contributed by atoms with E-state index >= 15 is 0 Å². The number of aryl methyl sites for hydroxylation is 1. The van der Waals surface area contributed by atoms with E-state index in [4.69, 9.17) is 5.73 Å². The van der Waals surface area contributed by atoms with E-state index in [0.717, 1.165) is 0 Å². The summed E-state index contributed by atoms with van der Waals surface area (Å²) in [6, 6.07) is 8.36. The van der Waals surface area contributed by atoms with Crippen molar-refractivity contribution in [1.29, 1.82) is 0 Å². The first-order valence-electron chi connectivity index (χ1n) is 4.66. The molecular formula is C11H11NO3S. The molecule has 4 nitrogen and oxygen atoms in total. The van der Waals surface area contributed by atoms with Crippen molar-refractivity contribution in [3.05, 3.63) is 35.9 Å². The van der Waals surface area contributed by atoms with E-state index in [9.17, 15) is 13.0 Å². The van der Waals surface area contributed by atoms with Crippen LogP contribution in [0.4, 0.5) is 5.69 Å². The van der Waals surface area contributed by atoms with Gasteiger partial charge in [-0.25, -0.2) is 0 Å². The van der Waals surface area contributed by atoms with Crippen LogP contribution in [0.2, 0.25) is 0 Å². The summed E-state index contributed by atoms with van der Waals surface area (Å²) < 4.78 is 31.8. The number of nitrogens with two attached hydrogens (primary N) is 1. The largest absolute Gasteiger partial charge is 0.398 e. The number of nitrogen functional groups attached to an aromatic ring is 1. The number of anilines is 1. The molecule has 0 atom stereocenters. The van der Waals surface area contributed by atoms with Crippen LogP contribution >= 0.6 is 0 Å². The average molecular weight is 237 g/mol. The van der Waals surface area contributed by atoms with Gasteiger partial charge in [0.15, 0.2) is 0 Å². The van der Waals surface area contributed by atoms with E-state index in [1.807, 2.05) is 0 Å². The second-order valence-corrected chi connectivity index (χ2v) is 4.99. The summed E-state index contributed by atoms with van der Waals surface area (Å²) in [4.78, 5) is -0.0719. The summed E-state index contributed by atoms with van der Waals surface area (Å²) in [5.41, 5.74) is 6.74. The van der Waals surface area contributed by atoms with Gasteiger partial charge in [-0.3, -0.25) is 4.55 Å². The summed E-state index contributed by atoms with van der Waals surface area (Å²) in [5.74, 6) is 0. The Morgan fingerprint density at radius 3 is 2.31 bits per heavy atom. The van der Waals surface area contributed by atoms with Gasteiger partial charge in [0, 0.05) is 16.5 Å². The number of fused-ring (bicyclic) bond motifs is 1.